The summed E-state index contributed by atoms with van der Waals surface area (Å²) in [6.07, 6.45) is 4.85. The van der Waals surface area contributed by atoms with Gasteiger partial charge in [-0.05, 0) is 38.8 Å². The van der Waals surface area contributed by atoms with Gasteiger partial charge in [-0.25, -0.2) is 0 Å². The van der Waals surface area contributed by atoms with Crippen LogP contribution in [0.25, 0.3) is 0 Å². The van der Waals surface area contributed by atoms with Crippen LogP contribution in [-0.4, -0.2) is 40.7 Å². The Morgan fingerprint density at radius 1 is 1.37 bits per heavy atom. The second-order valence-electron chi connectivity index (χ2n) is 5.44. The first-order valence-electron chi connectivity index (χ1n) is 7.14. The minimum atomic E-state index is 0. The molecule has 1 aromatic rings. The van der Waals surface area contributed by atoms with Gasteiger partial charge in [0.25, 0.3) is 0 Å². The van der Waals surface area contributed by atoms with Gasteiger partial charge in [-0.3, -0.25) is 4.90 Å². The van der Waals surface area contributed by atoms with Crippen LogP contribution in [-0.2, 0) is 6.54 Å². The monoisotopic (exact) mass is 286 g/mol. The molecule has 1 aliphatic heterocycles. The Labute approximate surface area is 120 Å². The van der Waals surface area contributed by atoms with Crippen LogP contribution in [0.4, 0.5) is 0 Å². The van der Waals surface area contributed by atoms with E-state index in [2.05, 4.69) is 27.3 Å². The van der Waals surface area contributed by atoms with Crippen molar-refractivity contribution in [3.05, 3.63) is 11.7 Å². The van der Waals surface area contributed by atoms with Crippen LogP contribution in [0.2, 0.25) is 0 Å². The summed E-state index contributed by atoms with van der Waals surface area (Å²) in [5.41, 5.74) is 0. The molecule has 1 aliphatic carbocycles. The lowest BCUT2D eigenvalue weighted by Crippen LogP contribution is -2.37. The average molecular weight is 287 g/mol. The highest BCUT2D eigenvalue weighted by Crippen LogP contribution is 2.38. The van der Waals surface area contributed by atoms with Crippen molar-refractivity contribution in [2.45, 2.75) is 51.1 Å². The highest BCUT2D eigenvalue weighted by atomic mass is 35.5. The Bertz CT molecular complexity index is 388. The van der Waals surface area contributed by atoms with Gasteiger partial charge < -0.3 is 9.84 Å². The summed E-state index contributed by atoms with van der Waals surface area (Å²) < 4.78 is 5.38. The summed E-state index contributed by atoms with van der Waals surface area (Å²) in [5.74, 6) is 2.29. The maximum absolute atomic E-state index is 5.38. The fourth-order valence-corrected chi connectivity index (χ4v) is 2.64. The van der Waals surface area contributed by atoms with Crippen molar-refractivity contribution < 1.29 is 4.52 Å². The Balaban J connectivity index is 0.00000133. The summed E-state index contributed by atoms with van der Waals surface area (Å²) in [4.78, 5) is 7.00. The van der Waals surface area contributed by atoms with Crippen LogP contribution < -0.4 is 5.32 Å². The number of halogens is 1. The third-order valence-electron chi connectivity index (χ3n) is 3.83. The Kier molecular flexibility index (Phi) is 5.19. The highest BCUT2D eigenvalue weighted by molar-refractivity contribution is 5.85. The summed E-state index contributed by atoms with van der Waals surface area (Å²) in [6.45, 7) is 6.35. The first kappa shape index (κ1) is 14.8. The van der Waals surface area contributed by atoms with Crippen LogP contribution >= 0.6 is 12.4 Å². The molecular weight excluding hydrogens is 264 g/mol. The van der Waals surface area contributed by atoms with E-state index in [0.717, 1.165) is 37.9 Å². The standard InChI is InChI=1S/C13H22N4O.ClH/c1-2-7-17(11-5-6-14-8-11)9-12-15-13(16-18-12)10-3-4-10;/h10-11,14H,2-9H2,1H3;1H. The molecule has 3 rings (SSSR count). The van der Waals surface area contributed by atoms with Crippen molar-refractivity contribution in [1.29, 1.82) is 0 Å². The zero-order valence-electron chi connectivity index (χ0n) is 11.5. The van der Waals surface area contributed by atoms with Gasteiger partial charge >= 0.3 is 0 Å². The molecule has 19 heavy (non-hydrogen) atoms. The smallest absolute Gasteiger partial charge is 0.240 e. The normalized spacial score (nSPS) is 22.7. The van der Waals surface area contributed by atoms with Crippen molar-refractivity contribution in [2.24, 2.45) is 0 Å². The van der Waals surface area contributed by atoms with Crippen molar-refractivity contribution in [2.75, 3.05) is 19.6 Å². The molecular formula is C13H23ClN4O. The molecule has 0 radical (unpaired) electrons. The Hall–Kier alpha value is -0.650. The topological polar surface area (TPSA) is 54.2 Å². The van der Waals surface area contributed by atoms with Gasteiger partial charge in [-0.1, -0.05) is 12.1 Å². The van der Waals surface area contributed by atoms with E-state index in [-0.39, 0.29) is 12.4 Å². The molecule has 0 aromatic carbocycles. The van der Waals surface area contributed by atoms with E-state index in [1.54, 1.807) is 0 Å². The summed E-state index contributed by atoms with van der Waals surface area (Å²) in [6, 6.07) is 0.626. The number of nitrogens with zero attached hydrogens (tertiary/aromatic N) is 3. The van der Waals surface area contributed by atoms with Gasteiger partial charge in [0.05, 0.1) is 6.54 Å². The maximum atomic E-state index is 5.38. The van der Waals surface area contributed by atoms with E-state index in [1.807, 2.05) is 0 Å². The maximum Gasteiger partial charge on any atom is 0.240 e. The SMILES string of the molecule is CCCN(Cc1nc(C2CC2)no1)C1CCNC1.Cl. The molecule has 6 heteroatoms. The largest absolute Gasteiger partial charge is 0.338 e. The third kappa shape index (κ3) is 3.68. The van der Waals surface area contributed by atoms with Gasteiger partial charge in [0.2, 0.25) is 5.89 Å². The van der Waals surface area contributed by atoms with Crippen molar-refractivity contribution in [3.8, 4) is 0 Å². The van der Waals surface area contributed by atoms with Gasteiger partial charge in [0, 0.05) is 18.5 Å². The van der Waals surface area contributed by atoms with E-state index >= 15 is 0 Å². The van der Waals surface area contributed by atoms with Crippen LogP contribution in [0, 0.1) is 0 Å². The van der Waals surface area contributed by atoms with Crippen LogP contribution in [0.5, 0.6) is 0 Å². The second-order valence-corrected chi connectivity index (χ2v) is 5.44. The van der Waals surface area contributed by atoms with E-state index < -0.39 is 0 Å². The van der Waals surface area contributed by atoms with Crippen LogP contribution in [0.1, 0.15) is 50.2 Å². The number of nitrogens with one attached hydrogen (secondary N) is 1. The molecule has 1 saturated carbocycles. The van der Waals surface area contributed by atoms with Crippen molar-refractivity contribution >= 4 is 12.4 Å². The zero-order chi connectivity index (χ0) is 12.4. The predicted octanol–water partition coefficient (Wildman–Crippen LogP) is 1.94. The summed E-state index contributed by atoms with van der Waals surface area (Å²) >= 11 is 0. The number of rotatable bonds is 6. The molecule has 2 fully saturated rings. The quantitative estimate of drug-likeness (QED) is 0.866. The Morgan fingerprint density at radius 3 is 2.84 bits per heavy atom. The summed E-state index contributed by atoms with van der Waals surface area (Å²) in [7, 11) is 0. The average Bonchev–Trinajstić information content (AvgIpc) is 2.92. The van der Waals surface area contributed by atoms with Crippen molar-refractivity contribution in [3.63, 3.8) is 0 Å². The van der Waals surface area contributed by atoms with Crippen LogP contribution in [0.3, 0.4) is 0 Å². The molecule has 108 valence electrons. The molecule has 2 aliphatic rings. The lowest BCUT2D eigenvalue weighted by Gasteiger charge is -2.26. The molecule has 1 aromatic heterocycles. The van der Waals surface area contributed by atoms with Gasteiger partial charge in [-0.2, -0.15) is 4.98 Å². The highest BCUT2D eigenvalue weighted by Gasteiger charge is 2.29. The molecule has 0 bridgehead atoms. The molecule has 1 unspecified atom stereocenters. The number of hydrogen-bond donors (Lipinski definition) is 1. The van der Waals surface area contributed by atoms with Crippen LogP contribution in [0.15, 0.2) is 4.52 Å². The number of hydrogen-bond acceptors (Lipinski definition) is 5. The minimum absolute atomic E-state index is 0. The van der Waals surface area contributed by atoms with E-state index in [1.165, 1.54) is 25.7 Å². The molecule has 1 atom stereocenters. The first-order valence-corrected chi connectivity index (χ1v) is 7.14. The summed E-state index contributed by atoms with van der Waals surface area (Å²) in [5, 5.41) is 7.51. The lowest BCUT2D eigenvalue weighted by atomic mass is 10.2. The minimum Gasteiger partial charge on any atom is -0.338 e. The molecule has 1 saturated heterocycles. The molecule has 1 N–H and O–H groups in total. The zero-order valence-corrected chi connectivity index (χ0v) is 12.3. The van der Waals surface area contributed by atoms with E-state index in [0.29, 0.717) is 12.0 Å². The first-order chi connectivity index (χ1) is 8.86. The second kappa shape index (κ2) is 6.68. The van der Waals surface area contributed by atoms with Gasteiger partial charge in [0.1, 0.15) is 0 Å². The molecule has 0 amide bonds. The number of aromatic nitrogens is 2. The van der Waals surface area contributed by atoms with Crippen molar-refractivity contribution in [1.82, 2.24) is 20.4 Å². The van der Waals surface area contributed by atoms with Gasteiger partial charge in [-0.15, -0.1) is 12.4 Å². The molecule has 0 spiro atoms. The van der Waals surface area contributed by atoms with Gasteiger partial charge in [0.15, 0.2) is 5.82 Å². The fourth-order valence-electron chi connectivity index (χ4n) is 2.64. The Morgan fingerprint density at radius 2 is 2.21 bits per heavy atom. The van der Waals surface area contributed by atoms with E-state index in [4.69, 9.17) is 4.52 Å². The molecule has 5 nitrogen and oxygen atoms in total. The lowest BCUT2D eigenvalue weighted by molar-refractivity contribution is 0.174. The predicted molar refractivity (Wildman–Crippen MR) is 75.5 cm³/mol. The third-order valence-corrected chi connectivity index (χ3v) is 3.83. The fraction of sp³-hybridized carbons (Fsp3) is 0.846. The van der Waals surface area contributed by atoms with E-state index in [9.17, 15) is 0 Å². The molecule has 2 heterocycles.